The molecule has 0 aromatic heterocycles. The van der Waals surface area contributed by atoms with Crippen molar-refractivity contribution >= 4 is 17.5 Å². The molecule has 3 rings (SSSR count). The van der Waals surface area contributed by atoms with E-state index in [2.05, 4.69) is 16.3 Å². The third-order valence-electron chi connectivity index (χ3n) is 4.42. The largest absolute Gasteiger partial charge is 0.335 e. The number of hydrogen-bond acceptors (Lipinski definition) is 2. The average Bonchev–Trinajstić information content (AvgIpc) is 2.97. The van der Waals surface area contributed by atoms with Gasteiger partial charge in [0.25, 0.3) is 0 Å². The predicted molar refractivity (Wildman–Crippen MR) is 80.7 cm³/mol. The molecule has 0 bridgehead atoms. The molecule has 2 aliphatic rings. The summed E-state index contributed by atoms with van der Waals surface area (Å²) in [6, 6.07) is 8.15. The molecule has 1 amide bonds. The van der Waals surface area contributed by atoms with Gasteiger partial charge in [-0.25, -0.2) is 0 Å². The van der Waals surface area contributed by atoms with E-state index in [0.29, 0.717) is 5.91 Å². The van der Waals surface area contributed by atoms with Crippen molar-refractivity contribution in [1.29, 1.82) is 0 Å². The SMILES string of the molecule is O=C([C@H]1CCCNC1)N1CCCC1c1cccc(Cl)c1. The Morgan fingerprint density at radius 3 is 2.95 bits per heavy atom. The summed E-state index contributed by atoms with van der Waals surface area (Å²) in [4.78, 5) is 14.8. The topological polar surface area (TPSA) is 32.3 Å². The lowest BCUT2D eigenvalue weighted by molar-refractivity contribution is -0.137. The molecule has 1 aromatic carbocycles. The van der Waals surface area contributed by atoms with Crippen LogP contribution in [0.5, 0.6) is 0 Å². The highest BCUT2D eigenvalue weighted by molar-refractivity contribution is 6.30. The number of amides is 1. The molecule has 2 fully saturated rings. The van der Waals surface area contributed by atoms with Gasteiger partial charge in [0.1, 0.15) is 0 Å². The predicted octanol–water partition coefficient (Wildman–Crippen LogP) is 3.00. The highest BCUT2D eigenvalue weighted by Gasteiger charge is 2.34. The summed E-state index contributed by atoms with van der Waals surface area (Å²) in [5.41, 5.74) is 1.17. The zero-order chi connectivity index (χ0) is 13.9. The highest BCUT2D eigenvalue weighted by atomic mass is 35.5. The Morgan fingerprint density at radius 2 is 2.20 bits per heavy atom. The van der Waals surface area contributed by atoms with Crippen molar-refractivity contribution in [2.75, 3.05) is 19.6 Å². The Hall–Kier alpha value is -1.06. The van der Waals surface area contributed by atoms with Gasteiger partial charge in [-0.2, -0.15) is 0 Å². The molecule has 0 saturated carbocycles. The number of hydrogen-bond donors (Lipinski definition) is 1. The van der Waals surface area contributed by atoms with Gasteiger partial charge in [0.2, 0.25) is 5.91 Å². The van der Waals surface area contributed by atoms with E-state index in [1.807, 2.05) is 18.2 Å². The Kier molecular flexibility index (Phi) is 4.27. The van der Waals surface area contributed by atoms with Crippen molar-refractivity contribution < 1.29 is 4.79 Å². The van der Waals surface area contributed by atoms with Crippen LogP contribution in [0.4, 0.5) is 0 Å². The molecule has 4 heteroatoms. The summed E-state index contributed by atoms with van der Waals surface area (Å²) in [6.07, 6.45) is 4.26. The zero-order valence-electron chi connectivity index (χ0n) is 11.6. The van der Waals surface area contributed by atoms with Crippen LogP contribution in [0.3, 0.4) is 0 Å². The minimum absolute atomic E-state index is 0.156. The molecule has 2 aliphatic heterocycles. The van der Waals surface area contributed by atoms with Crippen molar-refractivity contribution in [3.8, 4) is 0 Å². The zero-order valence-corrected chi connectivity index (χ0v) is 12.4. The molecule has 20 heavy (non-hydrogen) atoms. The van der Waals surface area contributed by atoms with Gasteiger partial charge < -0.3 is 10.2 Å². The van der Waals surface area contributed by atoms with E-state index in [1.54, 1.807) is 0 Å². The lowest BCUT2D eigenvalue weighted by Crippen LogP contribution is -2.42. The summed E-state index contributed by atoms with van der Waals surface area (Å²) in [7, 11) is 0. The molecule has 0 aliphatic carbocycles. The van der Waals surface area contributed by atoms with E-state index in [9.17, 15) is 4.79 Å². The van der Waals surface area contributed by atoms with Gasteiger partial charge in [0, 0.05) is 18.1 Å². The fourth-order valence-electron chi connectivity index (χ4n) is 3.39. The molecule has 2 saturated heterocycles. The first-order valence-electron chi connectivity index (χ1n) is 7.52. The van der Waals surface area contributed by atoms with Crippen molar-refractivity contribution in [3.05, 3.63) is 34.9 Å². The van der Waals surface area contributed by atoms with E-state index in [1.165, 1.54) is 5.56 Å². The minimum atomic E-state index is 0.156. The molecule has 0 spiro atoms. The molecular formula is C16H21ClN2O. The van der Waals surface area contributed by atoms with Crippen LogP contribution in [-0.4, -0.2) is 30.4 Å². The van der Waals surface area contributed by atoms with Crippen LogP contribution in [0.2, 0.25) is 5.02 Å². The Morgan fingerprint density at radius 1 is 1.30 bits per heavy atom. The third kappa shape index (κ3) is 2.84. The second-order valence-electron chi connectivity index (χ2n) is 5.79. The normalized spacial score (nSPS) is 26.8. The van der Waals surface area contributed by atoms with E-state index in [4.69, 9.17) is 11.6 Å². The molecule has 2 atom stereocenters. The fourth-order valence-corrected chi connectivity index (χ4v) is 3.59. The van der Waals surface area contributed by atoms with Gasteiger partial charge in [0.05, 0.1) is 12.0 Å². The van der Waals surface area contributed by atoms with Gasteiger partial charge >= 0.3 is 0 Å². The van der Waals surface area contributed by atoms with Crippen molar-refractivity contribution in [2.24, 2.45) is 5.92 Å². The van der Waals surface area contributed by atoms with Crippen molar-refractivity contribution in [2.45, 2.75) is 31.7 Å². The lowest BCUT2D eigenvalue weighted by atomic mass is 9.96. The van der Waals surface area contributed by atoms with Crippen molar-refractivity contribution in [3.63, 3.8) is 0 Å². The summed E-state index contributed by atoms with van der Waals surface area (Å²) >= 11 is 6.09. The maximum absolute atomic E-state index is 12.7. The van der Waals surface area contributed by atoms with E-state index >= 15 is 0 Å². The quantitative estimate of drug-likeness (QED) is 0.909. The Bertz CT molecular complexity index is 485. The number of carbonyl (C=O) groups is 1. The number of carbonyl (C=O) groups excluding carboxylic acids is 1. The van der Waals surface area contributed by atoms with Gasteiger partial charge in [-0.1, -0.05) is 23.7 Å². The number of halogens is 1. The molecule has 0 radical (unpaired) electrons. The fraction of sp³-hybridized carbons (Fsp3) is 0.562. The lowest BCUT2D eigenvalue weighted by Gasteiger charge is -2.31. The van der Waals surface area contributed by atoms with Crippen LogP contribution < -0.4 is 5.32 Å². The van der Waals surface area contributed by atoms with Gasteiger partial charge in [0.15, 0.2) is 0 Å². The summed E-state index contributed by atoms with van der Waals surface area (Å²) in [5.74, 6) is 0.475. The number of nitrogens with zero attached hydrogens (tertiary/aromatic N) is 1. The summed E-state index contributed by atoms with van der Waals surface area (Å²) < 4.78 is 0. The first-order chi connectivity index (χ1) is 9.75. The monoisotopic (exact) mass is 292 g/mol. The maximum atomic E-state index is 12.7. The highest BCUT2D eigenvalue weighted by Crippen LogP contribution is 2.34. The molecule has 1 unspecified atom stereocenters. The number of likely N-dealkylation sites (tertiary alicyclic amines) is 1. The Labute approximate surface area is 125 Å². The van der Waals surface area contributed by atoms with Gasteiger partial charge in [-0.15, -0.1) is 0 Å². The standard InChI is InChI=1S/C16H21ClN2O/c17-14-6-1-4-12(10-14)15-7-3-9-19(15)16(20)13-5-2-8-18-11-13/h1,4,6,10,13,15,18H,2-3,5,7-9,11H2/t13-,15?/m0/s1. The number of nitrogens with one attached hydrogen (secondary N) is 1. The Balaban J connectivity index is 1.76. The molecule has 2 heterocycles. The number of benzene rings is 1. The summed E-state index contributed by atoms with van der Waals surface area (Å²) in [6.45, 7) is 2.76. The smallest absolute Gasteiger partial charge is 0.227 e. The summed E-state index contributed by atoms with van der Waals surface area (Å²) in [5, 5.41) is 4.09. The van der Waals surface area contributed by atoms with Gasteiger partial charge in [-0.3, -0.25) is 4.79 Å². The second kappa shape index (κ2) is 6.15. The molecule has 1 N–H and O–H groups in total. The second-order valence-corrected chi connectivity index (χ2v) is 6.22. The van der Waals surface area contributed by atoms with E-state index < -0.39 is 0 Å². The molecular weight excluding hydrogens is 272 g/mol. The first kappa shape index (κ1) is 13.9. The van der Waals surface area contributed by atoms with Crippen LogP contribution in [0.15, 0.2) is 24.3 Å². The number of piperidine rings is 1. The van der Waals surface area contributed by atoms with Crippen molar-refractivity contribution in [1.82, 2.24) is 10.2 Å². The molecule has 1 aromatic rings. The van der Waals surface area contributed by atoms with E-state index in [0.717, 1.165) is 50.3 Å². The minimum Gasteiger partial charge on any atom is -0.335 e. The van der Waals surface area contributed by atoms with E-state index in [-0.39, 0.29) is 12.0 Å². The van der Waals surface area contributed by atoms with Crippen LogP contribution in [0.25, 0.3) is 0 Å². The number of rotatable bonds is 2. The maximum Gasteiger partial charge on any atom is 0.227 e. The van der Waals surface area contributed by atoms with Crippen LogP contribution in [-0.2, 0) is 4.79 Å². The first-order valence-corrected chi connectivity index (χ1v) is 7.90. The third-order valence-corrected chi connectivity index (χ3v) is 4.65. The van der Waals surface area contributed by atoms with Crippen LogP contribution in [0.1, 0.15) is 37.3 Å². The molecule has 108 valence electrons. The van der Waals surface area contributed by atoms with Crippen LogP contribution in [0, 0.1) is 5.92 Å². The average molecular weight is 293 g/mol. The van der Waals surface area contributed by atoms with Gasteiger partial charge in [-0.05, 0) is 49.9 Å². The molecule has 3 nitrogen and oxygen atoms in total. The van der Waals surface area contributed by atoms with Crippen LogP contribution >= 0.6 is 11.6 Å².